The molecule has 1 amide bonds. The first-order valence-electron chi connectivity index (χ1n) is 10.8. The Bertz CT molecular complexity index is 1630. The molecule has 0 atom stereocenters. The summed E-state index contributed by atoms with van der Waals surface area (Å²) in [5.74, 6) is -2.99. The van der Waals surface area contributed by atoms with E-state index in [1.54, 1.807) is 6.07 Å². The highest BCUT2D eigenvalue weighted by Gasteiger charge is 2.22. The zero-order valence-corrected chi connectivity index (χ0v) is 19.4. The van der Waals surface area contributed by atoms with E-state index in [4.69, 9.17) is 10.5 Å². The molecule has 0 unspecified atom stereocenters. The minimum Gasteiger partial charge on any atom is -0.497 e. The minimum absolute atomic E-state index is 0.0433. The summed E-state index contributed by atoms with van der Waals surface area (Å²) >= 11 is 0. The number of carbonyl (C=O) groups is 1. The Kier molecular flexibility index (Phi) is 6.28. The molecule has 3 aromatic heterocycles. The zero-order valence-electron chi connectivity index (χ0n) is 19.4. The van der Waals surface area contributed by atoms with Crippen LogP contribution in [0.3, 0.4) is 0 Å². The van der Waals surface area contributed by atoms with Crippen molar-refractivity contribution in [1.82, 2.24) is 24.5 Å². The molecule has 0 fully saturated rings. The fourth-order valence-electron chi connectivity index (χ4n) is 3.64. The van der Waals surface area contributed by atoms with Gasteiger partial charge in [-0.2, -0.15) is 8.78 Å². The molecule has 0 saturated carbocycles. The molecule has 0 bridgehead atoms. The smallest absolute Gasteiger partial charge is 0.387 e. The lowest BCUT2D eigenvalue weighted by Crippen LogP contribution is -2.16. The summed E-state index contributed by atoms with van der Waals surface area (Å²) in [6, 6.07) is 8.38. The van der Waals surface area contributed by atoms with Crippen molar-refractivity contribution in [2.75, 3.05) is 18.2 Å². The van der Waals surface area contributed by atoms with Gasteiger partial charge in [0.2, 0.25) is 5.95 Å². The highest BCUT2D eigenvalue weighted by molar-refractivity contribution is 6.03. The predicted octanol–water partition coefficient (Wildman–Crippen LogP) is 4.53. The maximum absolute atomic E-state index is 15.0. The van der Waals surface area contributed by atoms with Gasteiger partial charge in [-0.15, -0.1) is 0 Å². The van der Waals surface area contributed by atoms with Gasteiger partial charge in [0.05, 0.1) is 24.5 Å². The van der Waals surface area contributed by atoms with Crippen LogP contribution in [-0.4, -0.2) is 44.1 Å². The Morgan fingerprint density at radius 3 is 2.45 bits per heavy atom. The summed E-state index contributed by atoms with van der Waals surface area (Å²) in [6.45, 7) is -3.03. The van der Waals surface area contributed by atoms with Crippen LogP contribution in [0, 0.1) is 11.6 Å². The largest absolute Gasteiger partial charge is 0.497 e. The number of amides is 1. The fourth-order valence-corrected chi connectivity index (χ4v) is 3.64. The molecule has 0 spiro atoms. The van der Waals surface area contributed by atoms with Gasteiger partial charge < -0.3 is 20.2 Å². The standard InChI is InChI=1S/C24H17F4N7O3/c1-37-14-7-15(25)19(16(26)8-14)35-10-18(21-31-17-6-12(29)9-30-20(17)33-21)32-24(35)34-22(36)11-2-4-13(5-3-11)38-23(27)28/h2-10,23H,29H2,1H3,(H,30,31,33)(H,32,34,36). The number of nitrogen functional groups attached to an aromatic ring is 1. The number of benzene rings is 2. The molecule has 0 radical (unpaired) electrons. The Morgan fingerprint density at radius 1 is 1.08 bits per heavy atom. The highest BCUT2D eigenvalue weighted by atomic mass is 19.3. The van der Waals surface area contributed by atoms with Gasteiger partial charge in [0.1, 0.15) is 22.9 Å². The zero-order chi connectivity index (χ0) is 27.0. The number of methoxy groups -OCH3 is 1. The van der Waals surface area contributed by atoms with Crippen LogP contribution in [0.25, 0.3) is 28.4 Å². The maximum atomic E-state index is 15.0. The van der Waals surface area contributed by atoms with Crippen molar-refractivity contribution in [1.29, 1.82) is 0 Å². The Balaban J connectivity index is 1.56. The summed E-state index contributed by atoms with van der Waals surface area (Å²) < 4.78 is 65.0. The second-order valence-corrected chi connectivity index (χ2v) is 7.84. The first-order valence-corrected chi connectivity index (χ1v) is 10.8. The molecule has 14 heteroatoms. The van der Waals surface area contributed by atoms with E-state index in [1.807, 2.05) is 0 Å². The number of fused-ring (bicyclic) bond motifs is 1. The van der Waals surface area contributed by atoms with E-state index in [0.29, 0.717) is 16.9 Å². The number of pyridine rings is 1. The summed E-state index contributed by atoms with van der Waals surface area (Å²) in [4.78, 5) is 28.6. The van der Waals surface area contributed by atoms with E-state index in [2.05, 4.69) is 30.0 Å². The van der Waals surface area contributed by atoms with E-state index >= 15 is 0 Å². The van der Waals surface area contributed by atoms with Gasteiger partial charge in [-0.05, 0) is 30.3 Å². The number of hydrogen-bond acceptors (Lipinski definition) is 7. The Morgan fingerprint density at radius 2 is 1.79 bits per heavy atom. The summed E-state index contributed by atoms with van der Waals surface area (Å²) in [5.41, 5.74) is 6.58. The number of alkyl halides is 2. The molecule has 10 nitrogen and oxygen atoms in total. The number of aromatic amines is 1. The molecule has 194 valence electrons. The molecule has 38 heavy (non-hydrogen) atoms. The fraction of sp³-hybridized carbons (Fsp3) is 0.0833. The van der Waals surface area contributed by atoms with Crippen LogP contribution in [0.15, 0.2) is 54.9 Å². The van der Waals surface area contributed by atoms with Crippen LogP contribution in [0.1, 0.15) is 10.4 Å². The Labute approximate surface area is 211 Å². The molecule has 2 aromatic carbocycles. The molecule has 0 saturated heterocycles. The number of H-pyrrole nitrogens is 1. The van der Waals surface area contributed by atoms with Crippen molar-refractivity contribution in [3.63, 3.8) is 0 Å². The lowest BCUT2D eigenvalue weighted by atomic mass is 10.2. The van der Waals surface area contributed by atoms with Gasteiger partial charge in [0.15, 0.2) is 23.1 Å². The molecule has 0 aliphatic rings. The number of hydrogen-bond donors (Lipinski definition) is 3. The number of carbonyl (C=O) groups excluding carboxylic acids is 1. The minimum atomic E-state index is -3.03. The van der Waals surface area contributed by atoms with Crippen molar-refractivity contribution < 1.29 is 31.8 Å². The van der Waals surface area contributed by atoms with Crippen LogP contribution in [0.2, 0.25) is 0 Å². The van der Waals surface area contributed by atoms with E-state index < -0.39 is 29.8 Å². The van der Waals surface area contributed by atoms with Crippen molar-refractivity contribution in [2.45, 2.75) is 6.61 Å². The topological polar surface area (TPSA) is 133 Å². The second kappa shape index (κ2) is 9.72. The second-order valence-electron chi connectivity index (χ2n) is 7.84. The molecule has 5 aromatic rings. The molecule has 3 heterocycles. The monoisotopic (exact) mass is 527 g/mol. The average molecular weight is 527 g/mol. The lowest BCUT2D eigenvalue weighted by Gasteiger charge is -2.12. The van der Waals surface area contributed by atoms with Crippen LogP contribution in [0.4, 0.5) is 29.2 Å². The van der Waals surface area contributed by atoms with Crippen LogP contribution >= 0.6 is 0 Å². The van der Waals surface area contributed by atoms with Crippen molar-refractivity contribution in [2.24, 2.45) is 0 Å². The first kappa shape index (κ1) is 24.5. The predicted molar refractivity (Wildman–Crippen MR) is 128 cm³/mol. The third kappa shape index (κ3) is 4.78. The number of ether oxygens (including phenoxy) is 2. The number of nitrogens with one attached hydrogen (secondary N) is 2. The molecule has 5 rings (SSSR count). The van der Waals surface area contributed by atoms with E-state index in [9.17, 15) is 22.4 Å². The lowest BCUT2D eigenvalue weighted by molar-refractivity contribution is -0.0498. The van der Waals surface area contributed by atoms with Gasteiger partial charge in [-0.3, -0.25) is 14.7 Å². The van der Waals surface area contributed by atoms with Crippen LogP contribution in [0.5, 0.6) is 11.5 Å². The number of aromatic nitrogens is 5. The average Bonchev–Trinajstić information content (AvgIpc) is 3.47. The number of nitrogens with zero attached hydrogens (tertiary/aromatic N) is 4. The van der Waals surface area contributed by atoms with Crippen LogP contribution < -0.4 is 20.5 Å². The highest BCUT2D eigenvalue weighted by Crippen LogP contribution is 2.30. The van der Waals surface area contributed by atoms with E-state index in [0.717, 1.165) is 16.7 Å². The van der Waals surface area contributed by atoms with Crippen LogP contribution in [-0.2, 0) is 0 Å². The van der Waals surface area contributed by atoms with Gasteiger partial charge in [0, 0.05) is 23.9 Å². The van der Waals surface area contributed by atoms with Crippen molar-refractivity contribution in [3.8, 4) is 28.7 Å². The quantitative estimate of drug-likeness (QED) is 0.265. The molecule has 4 N–H and O–H groups in total. The number of rotatable bonds is 7. The van der Waals surface area contributed by atoms with Gasteiger partial charge in [-0.1, -0.05) is 0 Å². The molecule has 0 aliphatic carbocycles. The van der Waals surface area contributed by atoms with E-state index in [-0.39, 0.29) is 34.5 Å². The third-order valence-corrected chi connectivity index (χ3v) is 5.34. The first-order chi connectivity index (χ1) is 18.2. The van der Waals surface area contributed by atoms with Gasteiger partial charge in [0.25, 0.3) is 5.91 Å². The van der Waals surface area contributed by atoms with Crippen molar-refractivity contribution in [3.05, 3.63) is 72.1 Å². The van der Waals surface area contributed by atoms with Gasteiger partial charge >= 0.3 is 6.61 Å². The van der Waals surface area contributed by atoms with Crippen molar-refractivity contribution >= 4 is 28.7 Å². The normalized spacial score (nSPS) is 11.2. The number of anilines is 2. The SMILES string of the molecule is COc1cc(F)c(-n2cc(-c3nc4ncc(N)cc4[nH]3)nc2NC(=O)c2ccc(OC(F)F)cc2)c(F)c1. The third-order valence-electron chi connectivity index (χ3n) is 5.34. The number of halogens is 4. The maximum Gasteiger partial charge on any atom is 0.387 e. The number of nitrogens with two attached hydrogens (primary N) is 1. The molecule has 0 aliphatic heterocycles. The van der Waals surface area contributed by atoms with E-state index in [1.165, 1.54) is 43.8 Å². The summed E-state index contributed by atoms with van der Waals surface area (Å²) in [6.07, 6.45) is 2.68. The molecular formula is C24H17F4N7O3. The Hall–Kier alpha value is -5.14. The number of imidazole rings is 2. The summed E-state index contributed by atoms with van der Waals surface area (Å²) in [7, 11) is 1.26. The summed E-state index contributed by atoms with van der Waals surface area (Å²) in [5, 5.41) is 2.48. The van der Waals surface area contributed by atoms with Gasteiger partial charge in [-0.25, -0.2) is 23.7 Å². The molecular weight excluding hydrogens is 510 g/mol.